The molecule has 0 saturated heterocycles. The zero-order valence-electron chi connectivity index (χ0n) is 24.4. The molecule has 1 aromatic heterocycles. The molecule has 1 heterocycles. The van der Waals surface area contributed by atoms with Gasteiger partial charge in [0.2, 0.25) is 0 Å². The summed E-state index contributed by atoms with van der Waals surface area (Å²) < 4.78 is 4.83. The van der Waals surface area contributed by atoms with Crippen LogP contribution in [0.25, 0.3) is 0 Å². The van der Waals surface area contributed by atoms with Crippen molar-refractivity contribution in [2.24, 2.45) is 9.98 Å². The first-order valence-corrected chi connectivity index (χ1v) is 17.2. The minimum absolute atomic E-state index is 0.194. The third-order valence-corrected chi connectivity index (χ3v) is 7.37. The van der Waals surface area contributed by atoms with Crippen LogP contribution in [0.15, 0.2) is 94.9 Å². The number of nitrogens with zero attached hydrogens (tertiary/aromatic N) is 4. The molecular weight excluding hydrogens is 623 g/mol. The molecule has 5 aromatic rings. The zero-order chi connectivity index (χ0) is 30.2. The summed E-state index contributed by atoms with van der Waals surface area (Å²) >= 11 is 1.55. The van der Waals surface area contributed by atoms with Gasteiger partial charge in [-0.25, -0.2) is 15.0 Å². The third kappa shape index (κ3) is 7.83. The predicted octanol–water partition coefficient (Wildman–Crippen LogP) is 10.1. The summed E-state index contributed by atoms with van der Waals surface area (Å²) in [4.78, 5) is 15.4. The van der Waals surface area contributed by atoms with E-state index in [0.717, 1.165) is 61.2 Å². The molecule has 0 fully saturated rings. The Morgan fingerprint density at radius 3 is 1.43 bits per heavy atom. The van der Waals surface area contributed by atoms with Crippen molar-refractivity contribution in [1.82, 2.24) is 9.36 Å². The van der Waals surface area contributed by atoms with Gasteiger partial charge in [-0.2, -0.15) is 4.37 Å². The van der Waals surface area contributed by atoms with E-state index in [1.165, 1.54) is 22.7 Å². The Morgan fingerprint density at radius 2 is 1.00 bits per heavy atom. The summed E-state index contributed by atoms with van der Waals surface area (Å²) in [6.07, 6.45) is 0. The number of halogens is 2. The van der Waals surface area contributed by atoms with Gasteiger partial charge in [-0.1, -0.05) is 96.1 Å². The first-order chi connectivity index (χ1) is 20.2. The fourth-order valence-corrected chi connectivity index (χ4v) is 5.69. The van der Waals surface area contributed by atoms with E-state index in [-0.39, 0.29) is 13.1 Å². The Bertz CT molecular complexity index is 1560. The number of aliphatic imine (C=N–C) groups is 2. The molecule has 4 aromatic carbocycles. The maximum absolute atomic E-state index is 5.19. The first kappa shape index (κ1) is 31.8. The molecule has 0 saturated carbocycles. The molecule has 4 nitrogen and oxygen atoms in total. The number of benzene rings is 4. The van der Waals surface area contributed by atoms with Gasteiger partial charge in [-0.15, -0.1) is 0 Å². The van der Waals surface area contributed by atoms with Gasteiger partial charge >= 0.3 is 33.3 Å². The van der Waals surface area contributed by atoms with E-state index in [1.807, 2.05) is 36.4 Å². The van der Waals surface area contributed by atoms with Gasteiger partial charge in [-0.3, -0.25) is 0 Å². The van der Waals surface area contributed by atoms with Gasteiger partial charge in [0.1, 0.15) is 11.4 Å². The second kappa shape index (κ2) is 14.9. The van der Waals surface area contributed by atoms with Crippen LogP contribution in [0.5, 0.6) is 0 Å². The van der Waals surface area contributed by atoms with Crippen LogP contribution in [0, 0.1) is 41.5 Å². The quantitative estimate of drug-likeness (QED) is 0.135. The van der Waals surface area contributed by atoms with Crippen molar-refractivity contribution in [3.63, 3.8) is 0 Å². The molecule has 0 bridgehead atoms. The van der Waals surface area contributed by atoms with E-state index in [4.69, 9.17) is 39.5 Å². The molecule has 0 N–H and O–H groups in total. The molecule has 8 heteroatoms. The second-order valence-electron chi connectivity index (χ2n) is 10.1. The molecule has 42 heavy (non-hydrogen) atoms. The second-order valence-corrected chi connectivity index (χ2v) is 12.7. The Morgan fingerprint density at radius 1 is 0.619 bits per heavy atom. The van der Waals surface area contributed by atoms with Crippen molar-refractivity contribution < 1.29 is 13.1 Å². The topological polar surface area (TPSA) is 50.5 Å². The third-order valence-electron chi connectivity index (χ3n) is 6.65. The molecule has 0 atom stereocenters. The van der Waals surface area contributed by atoms with E-state index >= 15 is 0 Å². The summed E-state index contributed by atoms with van der Waals surface area (Å²) in [5.74, 6) is 0.599. The molecule has 0 aliphatic carbocycles. The van der Waals surface area contributed by atoms with Gasteiger partial charge in [0.25, 0.3) is 0 Å². The first-order valence-electron chi connectivity index (χ1n) is 13.3. The van der Waals surface area contributed by atoms with Crippen molar-refractivity contribution in [1.29, 1.82) is 0 Å². The molecule has 0 unspecified atom stereocenters. The molecule has 0 amide bonds. The van der Waals surface area contributed by atoms with Crippen LogP contribution in [0.2, 0.25) is 0 Å². The van der Waals surface area contributed by atoms with Crippen LogP contribution in [0.1, 0.15) is 55.3 Å². The molecular formula is C34H32Cl2FeN4S. The van der Waals surface area contributed by atoms with E-state index in [2.05, 4.69) is 90.1 Å². The molecule has 5 rings (SSSR count). The molecule has 0 aliphatic heterocycles. The Kier molecular flexibility index (Phi) is 11.3. The molecule has 0 spiro atoms. The molecule has 216 valence electrons. The summed E-state index contributed by atoms with van der Waals surface area (Å²) in [5.41, 5.74) is 12.5. The van der Waals surface area contributed by atoms with E-state index in [1.54, 1.807) is 0 Å². The van der Waals surface area contributed by atoms with Gasteiger partial charge < -0.3 is 0 Å². The van der Waals surface area contributed by atoms with E-state index < -0.39 is 0 Å². The summed E-state index contributed by atoms with van der Waals surface area (Å²) in [6.45, 7) is 12.7. The molecule has 0 radical (unpaired) electrons. The van der Waals surface area contributed by atoms with Crippen molar-refractivity contribution >= 4 is 54.5 Å². The van der Waals surface area contributed by atoms with Gasteiger partial charge in [0.15, 0.2) is 10.8 Å². The van der Waals surface area contributed by atoms with Crippen LogP contribution < -0.4 is 0 Å². The standard InChI is InChI=1S/C34H32N4S.2ClH.Fe/c1-21-17-23(3)29(24(4)18-21)35-31(27-13-9-7-10-14-27)33-37-34(39-38-33)32(28-15-11-8-12-16-28)36-30-25(5)19-22(2)20-26(30)6;;;/h7-20H,1-6H3;2*1H;/q;;;+2/p-2. The Hall–Kier alpha value is -3.12. The average Bonchev–Trinajstić information content (AvgIpc) is 3.43. The Labute approximate surface area is 267 Å². The number of rotatable bonds is 6. The Balaban J connectivity index is 0.00000129. The van der Waals surface area contributed by atoms with Crippen molar-refractivity contribution in [3.05, 3.63) is 140 Å². The van der Waals surface area contributed by atoms with Crippen molar-refractivity contribution in [2.45, 2.75) is 41.5 Å². The summed E-state index contributed by atoms with van der Waals surface area (Å²) in [6, 6.07) is 29.1. The van der Waals surface area contributed by atoms with E-state index in [9.17, 15) is 0 Å². The number of hydrogen-bond acceptors (Lipinski definition) is 5. The number of aryl methyl sites for hydroxylation is 6. The summed E-state index contributed by atoms with van der Waals surface area (Å²) in [7, 11) is 9.53. The van der Waals surface area contributed by atoms with Crippen molar-refractivity contribution in [3.8, 4) is 0 Å². The maximum atomic E-state index is 5.19. The normalized spacial score (nSPS) is 11.8. The van der Waals surface area contributed by atoms with Crippen LogP contribution in [-0.2, 0) is 13.1 Å². The minimum atomic E-state index is 0.194. The summed E-state index contributed by atoms with van der Waals surface area (Å²) in [5, 5.41) is 0.761. The predicted molar refractivity (Wildman–Crippen MR) is 176 cm³/mol. The van der Waals surface area contributed by atoms with Gasteiger partial charge in [0.05, 0.1) is 11.4 Å². The van der Waals surface area contributed by atoms with E-state index in [0.29, 0.717) is 5.82 Å². The molecule has 0 aliphatic rings. The fourth-order valence-electron chi connectivity index (χ4n) is 5.01. The van der Waals surface area contributed by atoms with Crippen LogP contribution in [0.3, 0.4) is 0 Å². The van der Waals surface area contributed by atoms with Crippen LogP contribution >= 0.6 is 31.7 Å². The van der Waals surface area contributed by atoms with Crippen molar-refractivity contribution in [2.75, 3.05) is 0 Å². The van der Waals surface area contributed by atoms with Crippen LogP contribution in [0.4, 0.5) is 11.4 Å². The van der Waals surface area contributed by atoms with Crippen LogP contribution in [-0.4, -0.2) is 20.8 Å². The number of aromatic nitrogens is 2. The average molecular weight is 655 g/mol. The van der Waals surface area contributed by atoms with Gasteiger partial charge in [-0.05, 0) is 75.3 Å². The SMILES string of the molecule is Cc1cc(C)c(N=C(c2ccccc2)c2nsc(C(=Nc3c(C)cc(C)cc3C)c3ccccc3)n2)c(C)c1.[Cl][Fe][Cl]. The zero-order valence-corrected chi connectivity index (χ0v) is 27.8. The monoisotopic (exact) mass is 654 g/mol. The van der Waals surface area contributed by atoms with Gasteiger partial charge in [0, 0.05) is 11.1 Å². The fraction of sp³-hybridized carbons (Fsp3) is 0.176. The number of hydrogen-bond donors (Lipinski definition) is 0.